The minimum absolute atomic E-state index is 0.212. The predicted molar refractivity (Wildman–Crippen MR) is 98.6 cm³/mol. The fourth-order valence-electron chi connectivity index (χ4n) is 2.68. The fourth-order valence-corrected chi connectivity index (χ4v) is 2.68. The van der Waals surface area contributed by atoms with Crippen LogP contribution in [-0.4, -0.2) is 26.5 Å². The molecule has 1 amide bonds. The topological polar surface area (TPSA) is 84.2 Å². The number of para-hydroxylation sites is 2. The number of hydrogen-bond donors (Lipinski definition) is 2. The van der Waals surface area contributed by atoms with Gasteiger partial charge in [-0.1, -0.05) is 42.0 Å². The van der Waals surface area contributed by atoms with Gasteiger partial charge in [-0.3, -0.25) is 4.79 Å². The average Bonchev–Trinajstić information content (AvgIpc) is 2.98. The van der Waals surface area contributed by atoms with Gasteiger partial charge in [-0.2, -0.15) is 0 Å². The van der Waals surface area contributed by atoms with Crippen LogP contribution in [0, 0.1) is 6.92 Å². The van der Waals surface area contributed by atoms with Gasteiger partial charge in [-0.25, -0.2) is 9.78 Å². The molecule has 1 heterocycles. The van der Waals surface area contributed by atoms with E-state index in [1.807, 2.05) is 31.2 Å². The molecule has 0 fully saturated rings. The zero-order valence-electron chi connectivity index (χ0n) is 14.3. The van der Waals surface area contributed by atoms with Gasteiger partial charge in [0.05, 0.1) is 17.6 Å². The van der Waals surface area contributed by atoms with E-state index in [0.717, 1.165) is 28.7 Å². The van der Waals surface area contributed by atoms with E-state index in [1.54, 1.807) is 0 Å². The summed E-state index contributed by atoms with van der Waals surface area (Å²) in [5.41, 5.74) is 4.17. The standard InChI is InChI=1S/C20H19N3O3/c1-14-6-8-15(9-7-14)13-23-17-5-3-2-4-16(17)22-18(23)12-21-19(24)10-11-20(25)26/h2-11H,12-13H2,1H3,(H,21,24)(H,25,26)/b11-10+. The number of carbonyl (C=O) groups excluding carboxylic acids is 1. The first-order valence-electron chi connectivity index (χ1n) is 8.21. The second kappa shape index (κ2) is 7.65. The summed E-state index contributed by atoms with van der Waals surface area (Å²) < 4.78 is 2.06. The van der Waals surface area contributed by atoms with Gasteiger partial charge in [0.15, 0.2) is 0 Å². The lowest BCUT2D eigenvalue weighted by atomic mass is 10.1. The number of carboxylic acids is 1. The van der Waals surface area contributed by atoms with Crippen molar-refractivity contribution in [1.29, 1.82) is 0 Å². The van der Waals surface area contributed by atoms with E-state index in [4.69, 9.17) is 5.11 Å². The highest BCUT2D eigenvalue weighted by Crippen LogP contribution is 2.18. The van der Waals surface area contributed by atoms with E-state index < -0.39 is 11.9 Å². The summed E-state index contributed by atoms with van der Waals surface area (Å²) in [6, 6.07) is 16.1. The molecule has 0 spiro atoms. The van der Waals surface area contributed by atoms with Crippen LogP contribution in [0.1, 0.15) is 17.0 Å². The Labute approximate surface area is 150 Å². The summed E-state index contributed by atoms with van der Waals surface area (Å²) >= 11 is 0. The molecule has 3 rings (SSSR count). The highest BCUT2D eigenvalue weighted by Gasteiger charge is 2.11. The number of benzene rings is 2. The minimum atomic E-state index is -1.16. The van der Waals surface area contributed by atoms with Crippen molar-refractivity contribution >= 4 is 22.9 Å². The first-order valence-corrected chi connectivity index (χ1v) is 8.21. The number of fused-ring (bicyclic) bond motifs is 1. The van der Waals surface area contributed by atoms with Crippen molar-refractivity contribution in [3.63, 3.8) is 0 Å². The first kappa shape index (κ1) is 17.4. The van der Waals surface area contributed by atoms with Crippen molar-refractivity contribution in [2.24, 2.45) is 0 Å². The number of aromatic nitrogens is 2. The molecule has 0 aliphatic rings. The van der Waals surface area contributed by atoms with Gasteiger partial charge in [0.2, 0.25) is 5.91 Å². The van der Waals surface area contributed by atoms with Crippen molar-refractivity contribution in [2.45, 2.75) is 20.0 Å². The number of nitrogens with one attached hydrogen (secondary N) is 1. The number of imidazole rings is 1. The monoisotopic (exact) mass is 349 g/mol. The van der Waals surface area contributed by atoms with Gasteiger partial charge in [0.1, 0.15) is 5.82 Å². The van der Waals surface area contributed by atoms with Gasteiger partial charge < -0.3 is 15.0 Å². The molecule has 6 heteroatoms. The smallest absolute Gasteiger partial charge is 0.328 e. The highest BCUT2D eigenvalue weighted by atomic mass is 16.4. The average molecular weight is 349 g/mol. The highest BCUT2D eigenvalue weighted by molar-refractivity contribution is 5.93. The first-order chi connectivity index (χ1) is 12.5. The fraction of sp³-hybridized carbons (Fsp3) is 0.150. The predicted octanol–water partition coefficient (Wildman–Crippen LogP) is 2.65. The van der Waals surface area contributed by atoms with Crippen LogP contribution in [0.25, 0.3) is 11.0 Å². The van der Waals surface area contributed by atoms with Gasteiger partial charge >= 0.3 is 5.97 Å². The number of nitrogens with zero attached hydrogens (tertiary/aromatic N) is 2. The van der Waals surface area contributed by atoms with E-state index >= 15 is 0 Å². The molecule has 2 aromatic carbocycles. The third-order valence-corrected chi connectivity index (χ3v) is 3.99. The van der Waals surface area contributed by atoms with Crippen LogP contribution in [0.4, 0.5) is 0 Å². The van der Waals surface area contributed by atoms with E-state index in [1.165, 1.54) is 5.56 Å². The molecule has 2 N–H and O–H groups in total. The Morgan fingerprint density at radius 3 is 2.58 bits per heavy atom. The van der Waals surface area contributed by atoms with Crippen LogP contribution in [0.15, 0.2) is 60.7 Å². The Hall–Kier alpha value is -3.41. The van der Waals surface area contributed by atoms with Crippen LogP contribution in [0.5, 0.6) is 0 Å². The molecule has 1 aromatic heterocycles. The number of aliphatic carboxylic acids is 1. The zero-order valence-corrected chi connectivity index (χ0v) is 14.3. The summed E-state index contributed by atoms with van der Waals surface area (Å²) in [5, 5.41) is 11.3. The van der Waals surface area contributed by atoms with Crippen molar-refractivity contribution in [3.8, 4) is 0 Å². The lowest BCUT2D eigenvalue weighted by Crippen LogP contribution is -2.23. The maximum atomic E-state index is 11.7. The number of carboxylic acid groups (broad SMARTS) is 1. The van der Waals surface area contributed by atoms with Gasteiger partial charge in [-0.05, 0) is 24.6 Å². The van der Waals surface area contributed by atoms with Crippen molar-refractivity contribution in [1.82, 2.24) is 14.9 Å². The number of aryl methyl sites for hydroxylation is 1. The van der Waals surface area contributed by atoms with Gasteiger partial charge in [0.25, 0.3) is 0 Å². The van der Waals surface area contributed by atoms with Crippen LogP contribution >= 0.6 is 0 Å². The van der Waals surface area contributed by atoms with Crippen molar-refractivity contribution < 1.29 is 14.7 Å². The number of hydrogen-bond acceptors (Lipinski definition) is 3. The Morgan fingerprint density at radius 1 is 1.12 bits per heavy atom. The molecule has 3 aromatic rings. The van der Waals surface area contributed by atoms with Gasteiger partial charge in [0, 0.05) is 18.7 Å². The summed E-state index contributed by atoms with van der Waals surface area (Å²) in [7, 11) is 0. The molecule has 0 aliphatic carbocycles. The van der Waals surface area contributed by atoms with E-state index in [0.29, 0.717) is 12.4 Å². The molecule has 0 saturated heterocycles. The van der Waals surface area contributed by atoms with Crippen molar-refractivity contribution in [2.75, 3.05) is 0 Å². The lowest BCUT2D eigenvalue weighted by molar-refractivity contribution is -0.131. The second-order valence-corrected chi connectivity index (χ2v) is 5.98. The van der Waals surface area contributed by atoms with Crippen LogP contribution in [-0.2, 0) is 22.7 Å². The molecule has 0 atom stereocenters. The Balaban J connectivity index is 1.85. The summed E-state index contributed by atoms with van der Waals surface area (Å²) in [5.74, 6) is -0.919. The van der Waals surface area contributed by atoms with Crippen LogP contribution in [0.2, 0.25) is 0 Å². The van der Waals surface area contributed by atoms with Crippen LogP contribution < -0.4 is 5.32 Å². The minimum Gasteiger partial charge on any atom is -0.478 e. The quantitative estimate of drug-likeness (QED) is 0.670. The van der Waals surface area contributed by atoms with Gasteiger partial charge in [-0.15, -0.1) is 0 Å². The Kier molecular flexibility index (Phi) is 5.12. The molecule has 26 heavy (non-hydrogen) atoms. The number of amides is 1. The van der Waals surface area contributed by atoms with E-state index in [-0.39, 0.29) is 6.54 Å². The molecule has 132 valence electrons. The molecular weight excluding hydrogens is 330 g/mol. The number of rotatable bonds is 6. The SMILES string of the molecule is Cc1ccc(Cn2c(CNC(=O)/C=C/C(=O)O)nc3ccccc32)cc1. The Bertz CT molecular complexity index is 972. The molecule has 0 unspecified atom stereocenters. The summed E-state index contributed by atoms with van der Waals surface area (Å²) in [6.45, 7) is 2.89. The molecule has 6 nitrogen and oxygen atoms in total. The summed E-state index contributed by atoms with van der Waals surface area (Å²) in [6.07, 6.45) is 1.81. The lowest BCUT2D eigenvalue weighted by Gasteiger charge is -2.10. The molecule has 0 saturated carbocycles. The molecular formula is C20H19N3O3. The molecule has 0 radical (unpaired) electrons. The number of carbonyl (C=O) groups is 2. The maximum Gasteiger partial charge on any atom is 0.328 e. The second-order valence-electron chi connectivity index (χ2n) is 5.98. The zero-order chi connectivity index (χ0) is 18.5. The van der Waals surface area contributed by atoms with E-state index in [9.17, 15) is 9.59 Å². The maximum absolute atomic E-state index is 11.7. The largest absolute Gasteiger partial charge is 0.478 e. The van der Waals surface area contributed by atoms with Crippen LogP contribution in [0.3, 0.4) is 0 Å². The van der Waals surface area contributed by atoms with E-state index in [2.05, 4.69) is 39.1 Å². The third kappa shape index (κ3) is 4.16. The normalized spacial score (nSPS) is 11.1. The summed E-state index contributed by atoms with van der Waals surface area (Å²) in [4.78, 5) is 26.8. The third-order valence-electron chi connectivity index (χ3n) is 3.99. The molecule has 0 bridgehead atoms. The molecule has 0 aliphatic heterocycles. The van der Waals surface area contributed by atoms with Crippen molar-refractivity contribution in [3.05, 3.63) is 77.6 Å². The Morgan fingerprint density at radius 2 is 1.85 bits per heavy atom.